The summed E-state index contributed by atoms with van der Waals surface area (Å²) in [7, 11) is 0. The van der Waals surface area contributed by atoms with Crippen LogP contribution in [0.15, 0.2) is 0 Å². The van der Waals surface area contributed by atoms with Gasteiger partial charge in [-0.15, -0.1) is 11.8 Å². The molecule has 1 saturated carbocycles. The third kappa shape index (κ3) is 5.62. The van der Waals surface area contributed by atoms with E-state index in [2.05, 4.69) is 5.32 Å². The zero-order valence-electron chi connectivity index (χ0n) is 12.2. The van der Waals surface area contributed by atoms with E-state index >= 15 is 0 Å². The maximum Gasteiger partial charge on any atom is 0.230 e. The predicted octanol–water partition coefficient (Wildman–Crippen LogP) is 1.96. The van der Waals surface area contributed by atoms with Gasteiger partial charge in [-0.25, -0.2) is 0 Å². The maximum atomic E-state index is 11.7. The summed E-state index contributed by atoms with van der Waals surface area (Å²) in [4.78, 5) is 11.7. The average molecular weight is 301 g/mol. The molecule has 1 amide bonds. The van der Waals surface area contributed by atoms with E-state index in [1.165, 1.54) is 25.7 Å². The molecule has 20 heavy (non-hydrogen) atoms. The molecule has 0 aromatic carbocycles. The highest BCUT2D eigenvalue weighted by molar-refractivity contribution is 8.00. The van der Waals surface area contributed by atoms with E-state index in [-0.39, 0.29) is 12.0 Å². The minimum atomic E-state index is -0.304. The molecule has 1 aliphatic carbocycles. The van der Waals surface area contributed by atoms with Gasteiger partial charge in [-0.3, -0.25) is 4.79 Å². The SMILES string of the molecule is O=C(CSC1CCCC1)NCCC(O)C1CCOCC1. The van der Waals surface area contributed by atoms with E-state index in [4.69, 9.17) is 4.74 Å². The maximum absolute atomic E-state index is 11.7. The van der Waals surface area contributed by atoms with Crippen molar-refractivity contribution in [1.29, 1.82) is 0 Å². The number of rotatable bonds is 7. The molecular weight excluding hydrogens is 274 g/mol. The quantitative estimate of drug-likeness (QED) is 0.755. The molecule has 5 heteroatoms. The molecular formula is C15H27NO3S. The Kier molecular flexibility index (Phi) is 7.17. The van der Waals surface area contributed by atoms with Crippen molar-refractivity contribution in [3.8, 4) is 0 Å². The van der Waals surface area contributed by atoms with E-state index in [0.29, 0.717) is 29.9 Å². The van der Waals surface area contributed by atoms with Crippen LogP contribution in [0.4, 0.5) is 0 Å². The summed E-state index contributed by atoms with van der Waals surface area (Å²) in [6.45, 7) is 2.10. The zero-order chi connectivity index (χ0) is 14.2. The zero-order valence-corrected chi connectivity index (χ0v) is 13.0. The van der Waals surface area contributed by atoms with Gasteiger partial charge in [-0.05, 0) is 38.0 Å². The Morgan fingerprint density at radius 3 is 2.65 bits per heavy atom. The minimum absolute atomic E-state index is 0.112. The summed E-state index contributed by atoms with van der Waals surface area (Å²) < 4.78 is 5.29. The van der Waals surface area contributed by atoms with Gasteiger partial charge in [0, 0.05) is 25.0 Å². The van der Waals surface area contributed by atoms with Gasteiger partial charge in [-0.2, -0.15) is 0 Å². The topological polar surface area (TPSA) is 58.6 Å². The van der Waals surface area contributed by atoms with Crippen molar-refractivity contribution in [3.63, 3.8) is 0 Å². The molecule has 116 valence electrons. The van der Waals surface area contributed by atoms with Crippen LogP contribution in [0, 0.1) is 5.92 Å². The van der Waals surface area contributed by atoms with Gasteiger partial charge in [0.15, 0.2) is 0 Å². The fourth-order valence-electron chi connectivity index (χ4n) is 3.00. The summed E-state index contributed by atoms with van der Waals surface area (Å²) in [6.07, 6.45) is 7.39. The van der Waals surface area contributed by atoms with Crippen LogP contribution in [0.2, 0.25) is 0 Å². The lowest BCUT2D eigenvalue weighted by atomic mass is 9.92. The molecule has 1 saturated heterocycles. The van der Waals surface area contributed by atoms with Crippen molar-refractivity contribution >= 4 is 17.7 Å². The number of carbonyl (C=O) groups is 1. The Balaban J connectivity index is 1.51. The lowest BCUT2D eigenvalue weighted by molar-refractivity contribution is -0.118. The number of hydrogen-bond donors (Lipinski definition) is 2. The average Bonchev–Trinajstić information content (AvgIpc) is 2.99. The Labute approximate surface area is 126 Å². The number of thioether (sulfide) groups is 1. The largest absolute Gasteiger partial charge is 0.393 e. The predicted molar refractivity (Wildman–Crippen MR) is 81.9 cm³/mol. The van der Waals surface area contributed by atoms with Crippen LogP contribution < -0.4 is 5.32 Å². The van der Waals surface area contributed by atoms with Crippen molar-refractivity contribution in [2.24, 2.45) is 5.92 Å². The smallest absolute Gasteiger partial charge is 0.230 e. The van der Waals surface area contributed by atoms with Gasteiger partial charge >= 0.3 is 0 Å². The van der Waals surface area contributed by atoms with E-state index in [1.54, 1.807) is 11.8 Å². The number of nitrogens with one attached hydrogen (secondary N) is 1. The molecule has 2 N–H and O–H groups in total. The Hall–Kier alpha value is -0.260. The Morgan fingerprint density at radius 1 is 1.25 bits per heavy atom. The van der Waals surface area contributed by atoms with E-state index < -0.39 is 0 Å². The molecule has 0 radical (unpaired) electrons. The summed E-state index contributed by atoms with van der Waals surface area (Å²) >= 11 is 1.79. The summed E-state index contributed by atoms with van der Waals surface area (Å²) in [5, 5.41) is 13.7. The second kappa shape index (κ2) is 8.90. The van der Waals surface area contributed by atoms with Crippen LogP contribution in [0.3, 0.4) is 0 Å². The monoisotopic (exact) mass is 301 g/mol. The van der Waals surface area contributed by atoms with Gasteiger partial charge in [0.25, 0.3) is 0 Å². The van der Waals surface area contributed by atoms with Crippen molar-refractivity contribution in [2.75, 3.05) is 25.5 Å². The van der Waals surface area contributed by atoms with Crippen LogP contribution in [0.5, 0.6) is 0 Å². The molecule has 0 aromatic heterocycles. The molecule has 1 unspecified atom stereocenters. The van der Waals surface area contributed by atoms with Crippen molar-refractivity contribution in [3.05, 3.63) is 0 Å². The fraction of sp³-hybridized carbons (Fsp3) is 0.933. The number of hydrogen-bond acceptors (Lipinski definition) is 4. The molecule has 4 nitrogen and oxygen atoms in total. The van der Waals surface area contributed by atoms with Gasteiger partial charge in [-0.1, -0.05) is 12.8 Å². The van der Waals surface area contributed by atoms with Gasteiger partial charge in [0.1, 0.15) is 0 Å². The highest BCUT2D eigenvalue weighted by Crippen LogP contribution is 2.29. The third-order valence-electron chi connectivity index (χ3n) is 4.32. The fourth-order valence-corrected chi connectivity index (χ4v) is 4.15. The molecule has 0 aromatic rings. The standard InChI is InChI=1S/C15H27NO3S/c17-14(12-6-9-19-10-7-12)5-8-16-15(18)11-20-13-3-1-2-4-13/h12-14,17H,1-11H2,(H,16,18). The third-order valence-corrected chi connectivity index (χ3v) is 5.70. The van der Waals surface area contributed by atoms with Crippen molar-refractivity contribution in [1.82, 2.24) is 5.32 Å². The van der Waals surface area contributed by atoms with Crippen molar-refractivity contribution < 1.29 is 14.6 Å². The van der Waals surface area contributed by atoms with Gasteiger partial charge < -0.3 is 15.2 Å². The minimum Gasteiger partial charge on any atom is -0.393 e. The highest BCUT2D eigenvalue weighted by Gasteiger charge is 2.22. The summed E-state index contributed by atoms with van der Waals surface area (Å²) in [6, 6.07) is 0. The molecule has 2 rings (SSSR count). The van der Waals surface area contributed by atoms with Crippen LogP contribution in [0.1, 0.15) is 44.9 Å². The molecule has 2 fully saturated rings. The first-order valence-corrected chi connectivity index (χ1v) is 8.94. The number of amides is 1. The Morgan fingerprint density at radius 2 is 1.95 bits per heavy atom. The van der Waals surface area contributed by atoms with Crippen LogP contribution >= 0.6 is 11.8 Å². The molecule has 1 heterocycles. The number of aliphatic hydroxyl groups excluding tert-OH is 1. The first-order chi connectivity index (χ1) is 9.75. The van der Waals surface area contributed by atoms with Gasteiger partial charge in [0.05, 0.1) is 11.9 Å². The van der Waals surface area contributed by atoms with Crippen molar-refractivity contribution in [2.45, 2.75) is 56.3 Å². The lowest BCUT2D eigenvalue weighted by Gasteiger charge is -2.26. The number of ether oxygens (including phenoxy) is 1. The number of carbonyl (C=O) groups excluding carboxylic acids is 1. The second-order valence-electron chi connectivity index (χ2n) is 5.87. The van der Waals surface area contributed by atoms with E-state index in [0.717, 1.165) is 26.1 Å². The van der Waals surface area contributed by atoms with Gasteiger partial charge in [0.2, 0.25) is 5.91 Å². The van der Waals surface area contributed by atoms with Crippen LogP contribution in [0.25, 0.3) is 0 Å². The summed E-state index contributed by atoms with van der Waals surface area (Å²) in [5.41, 5.74) is 0. The molecule has 0 spiro atoms. The van der Waals surface area contributed by atoms with Crippen LogP contribution in [-0.2, 0) is 9.53 Å². The van der Waals surface area contributed by atoms with E-state index in [9.17, 15) is 9.90 Å². The second-order valence-corrected chi connectivity index (χ2v) is 7.16. The molecule has 0 bridgehead atoms. The first-order valence-electron chi connectivity index (χ1n) is 7.90. The number of aliphatic hydroxyl groups is 1. The lowest BCUT2D eigenvalue weighted by Crippen LogP contribution is -2.33. The van der Waals surface area contributed by atoms with Crippen LogP contribution in [-0.4, -0.2) is 47.9 Å². The Bertz CT molecular complexity index is 289. The normalized spacial score (nSPS) is 22.9. The molecule has 1 atom stereocenters. The molecule has 2 aliphatic rings. The highest BCUT2D eigenvalue weighted by atomic mass is 32.2. The summed E-state index contributed by atoms with van der Waals surface area (Å²) in [5.74, 6) is 1.02. The van der Waals surface area contributed by atoms with E-state index in [1.807, 2.05) is 0 Å². The first kappa shape index (κ1) is 16.1. The molecule has 1 aliphatic heterocycles.